The summed E-state index contributed by atoms with van der Waals surface area (Å²) < 4.78 is 4.91. The highest BCUT2D eigenvalue weighted by atomic mass is 15.0. The lowest BCUT2D eigenvalue weighted by atomic mass is 9.94. The third-order valence-electron chi connectivity index (χ3n) is 10.1. The van der Waals surface area contributed by atoms with E-state index in [2.05, 4.69) is 203 Å². The molecule has 10 aromatic rings. The lowest BCUT2D eigenvalue weighted by Gasteiger charge is -2.14. The van der Waals surface area contributed by atoms with Crippen molar-refractivity contribution in [2.24, 2.45) is 0 Å². The number of aromatic nitrogens is 2. The second-order valence-electron chi connectivity index (χ2n) is 12.9. The predicted molar refractivity (Wildman–Crippen MR) is 211 cm³/mol. The zero-order chi connectivity index (χ0) is 33.0. The van der Waals surface area contributed by atoms with Crippen molar-refractivity contribution < 1.29 is 0 Å². The molecule has 0 fully saturated rings. The minimum Gasteiger partial charge on any atom is -0.309 e. The van der Waals surface area contributed by atoms with E-state index < -0.39 is 0 Å². The van der Waals surface area contributed by atoms with Gasteiger partial charge in [-0.25, -0.2) is 0 Å². The summed E-state index contributed by atoms with van der Waals surface area (Å²) in [4.78, 5) is 0. The molecule has 0 amide bonds. The van der Waals surface area contributed by atoms with Crippen LogP contribution in [0, 0.1) is 0 Å². The maximum absolute atomic E-state index is 2.48. The molecule has 0 N–H and O–H groups in total. The SMILES string of the molecule is c1ccc(-c2ccc(-n3c4ccccc4c4c3ccc3c5ccccc5n(-c5cccc(-c6ccccc6-c6ccccc6)c5)c34)cc2)cc1. The summed E-state index contributed by atoms with van der Waals surface area (Å²) in [5.74, 6) is 0. The molecule has 50 heavy (non-hydrogen) atoms. The first-order chi connectivity index (χ1) is 24.8. The van der Waals surface area contributed by atoms with E-state index in [1.54, 1.807) is 0 Å². The lowest BCUT2D eigenvalue weighted by molar-refractivity contribution is 1.17. The van der Waals surface area contributed by atoms with Crippen LogP contribution in [0.3, 0.4) is 0 Å². The van der Waals surface area contributed by atoms with Crippen LogP contribution in [-0.4, -0.2) is 9.13 Å². The molecule has 0 aliphatic heterocycles. The van der Waals surface area contributed by atoms with E-state index >= 15 is 0 Å². The van der Waals surface area contributed by atoms with Gasteiger partial charge in [0.15, 0.2) is 0 Å². The Labute approximate surface area is 290 Å². The molecule has 0 saturated heterocycles. The number of nitrogens with zero attached hydrogens (tertiary/aromatic N) is 2. The lowest BCUT2D eigenvalue weighted by Crippen LogP contribution is -1.96. The quantitative estimate of drug-likeness (QED) is 0.178. The molecule has 0 unspecified atom stereocenters. The van der Waals surface area contributed by atoms with Crippen molar-refractivity contribution in [2.75, 3.05) is 0 Å². The van der Waals surface area contributed by atoms with Gasteiger partial charge >= 0.3 is 0 Å². The third kappa shape index (κ3) is 4.43. The van der Waals surface area contributed by atoms with Crippen LogP contribution in [0.1, 0.15) is 0 Å². The molecule has 8 aromatic carbocycles. The topological polar surface area (TPSA) is 9.86 Å². The maximum atomic E-state index is 2.48. The van der Waals surface area contributed by atoms with E-state index in [9.17, 15) is 0 Å². The average molecular weight is 637 g/mol. The number of rotatable bonds is 5. The van der Waals surface area contributed by atoms with Gasteiger partial charge in [-0.1, -0.05) is 152 Å². The molecule has 0 aliphatic rings. The van der Waals surface area contributed by atoms with Crippen LogP contribution < -0.4 is 0 Å². The third-order valence-corrected chi connectivity index (χ3v) is 10.1. The minimum absolute atomic E-state index is 1.15. The summed E-state index contributed by atoms with van der Waals surface area (Å²) in [6.07, 6.45) is 0. The highest BCUT2D eigenvalue weighted by molar-refractivity contribution is 6.26. The Kier molecular flexibility index (Phi) is 6.53. The summed E-state index contributed by atoms with van der Waals surface area (Å²) in [7, 11) is 0. The van der Waals surface area contributed by atoms with Crippen molar-refractivity contribution in [3.05, 3.63) is 194 Å². The molecule has 0 bridgehead atoms. The van der Waals surface area contributed by atoms with Gasteiger partial charge in [0.25, 0.3) is 0 Å². The van der Waals surface area contributed by atoms with Crippen LogP contribution in [0.5, 0.6) is 0 Å². The summed E-state index contributed by atoms with van der Waals surface area (Å²) in [6, 6.07) is 70.3. The second-order valence-corrected chi connectivity index (χ2v) is 12.9. The number of hydrogen-bond acceptors (Lipinski definition) is 0. The van der Waals surface area contributed by atoms with Crippen molar-refractivity contribution in [3.63, 3.8) is 0 Å². The van der Waals surface area contributed by atoms with Crippen LogP contribution in [0.4, 0.5) is 0 Å². The van der Waals surface area contributed by atoms with E-state index in [1.807, 2.05) is 0 Å². The van der Waals surface area contributed by atoms with E-state index in [0.717, 1.165) is 11.4 Å². The molecule has 0 spiro atoms. The number of fused-ring (bicyclic) bond motifs is 7. The normalized spacial score (nSPS) is 11.6. The Bertz CT molecular complexity index is 2840. The molecule has 2 aromatic heterocycles. The monoisotopic (exact) mass is 636 g/mol. The van der Waals surface area contributed by atoms with Gasteiger partial charge in [0, 0.05) is 32.9 Å². The first kappa shape index (κ1) is 28.4. The van der Waals surface area contributed by atoms with Crippen molar-refractivity contribution in [2.45, 2.75) is 0 Å². The van der Waals surface area contributed by atoms with Gasteiger partial charge in [0.1, 0.15) is 0 Å². The summed E-state index contributed by atoms with van der Waals surface area (Å²) in [6.45, 7) is 0. The van der Waals surface area contributed by atoms with Gasteiger partial charge in [-0.15, -0.1) is 0 Å². The number of hydrogen-bond donors (Lipinski definition) is 0. The molecule has 2 nitrogen and oxygen atoms in total. The van der Waals surface area contributed by atoms with E-state index in [-0.39, 0.29) is 0 Å². The Hall–Kier alpha value is -6.64. The zero-order valence-electron chi connectivity index (χ0n) is 27.4. The average Bonchev–Trinajstić information content (AvgIpc) is 3.72. The van der Waals surface area contributed by atoms with E-state index in [4.69, 9.17) is 0 Å². The van der Waals surface area contributed by atoms with Crippen LogP contribution >= 0.6 is 0 Å². The van der Waals surface area contributed by atoms with Gasteiger partial charge in [0.2, 0.25) is 0 Å². The Morgan fingerprint density at radius 1 is 0.280 bits per heavy atom. The van der Waals surface area contributed by atoms with Gasteiger partial charge in [0.05, 0.1) is 22.1 Å². The highest BCUT2D eigenvalue weighted by Crippen LogP contribution is 2.43. The second kappa shape index (κ2) is 11.5. The predicted octanol–water partition coefficient (Wildman–Crippen LogP) is 12.9. The Morgan fingerprint density at radius 2 is 0.840 bits per heavy atom. The summed E-state index contributed by atoms with van der Waals surface area (Å²) in [5, 5.41) is 5.01. The van der Waals surface area contributed by atoms with Crippen molar-refractivity contribution >= 4 is 43.6 Å². The van der Waals surface area contributed by atoms with Gasteiger partial charge in [-0.3, -0.25) is 0 Å². The van der Waals surface area contributed by atoms with Gasteiger partial charge in [-0.05, 0) is 75.8 Å². The van der Waals surface area contributed by atoms with Crippen molar-refractivity contribution in [1.82, 2.24) is 9.13 Å². The molecule has 0 saturated carbocycles. The van der Waals surface area contributed by atoms with Crippen molar-refractivity contribution in [1.29, 1.82) is 0 Å². The minimum atomic E-state index is 1.15. The smallest absolute Gasteiger partial charge is 0.0641 e. The van der Waals surface area contributed by atoms with Crippen LogP contribution in [-0.2, 0) is 0 Å². The van der Waals surface area contributed by atoms with Crippen LogP contribution in [0.2, 0.25) is 0 Å². The summed E-state index contributed by atoms with van der Waals surface area (Å²) in [5.41, 5.74) is 14.4. The zero-order valence-corrected chi connectivity index (χ0v) is 27.4. The largest absolute Gasteiger partial charge is 0.309 e. The standard InChI is InChI=1S/C48H32N2/c1-3-14-33(15-4-1)34-26-28-37(29-27-34)49-45-25-12-10-23-43(45)47-46(49)31-30-42-41-22-9-11-24-44(41)50(48(42)47)38-19-13-18-36(32-38)40-21-8-7-20-39(40)35-16-5-2-6-17-35/h1-32H. The molecule has 234 valence electrons. The molecule has 10 rings (SSSR count). The number of benzene rings is 8. The van der Waals surface area contributed by atoms with Gasteiger partial charge in [-0.2, -0.15) is 0 Å². The number of para-hydroxylation sites is 2. The Morgan fingerprint density at radius 3 is 1.58 bits per heavy atom. The molecular formula is C48H32N2. The van der Waals surface area contributed by atoms with Crippen molar-refractivity contribution in [3.8, 4) is 44.8 Å². The molecule has 2 heteroatoms. The highest BCUT2D eigenvalue weighted by Gasteiger charge is 2.21. The fourth-order valence-corrected chi connectivity index (χ4v) is 7.91. The molecule has 0 aliphatic carbocycles. The first-order valence-electron chi connectivity index (χ1n) is 17.2. The molecule has 0 atom stereocenters. The van der Waals surface area contributed by atoms with E-state index in [1.165, 1.54) is 77.0 Å². The fourth-order valence-electron chi connectivity index (χ4n) is 7.91. The Balaban J connectivity index is 1.24. The fraction of sp³-hybridized carbons (Fsp3) is 0. The van der Waals surface area contributed by atoms with Gasteiger partial charge < -0.3 is 9.13 Å². The van der Waals surface area contributed by atoms with Crippen LogP contribution in [0.25, 0.3) is 88.4 Å². The molecular weight excluding hydrogens is 605 g/mol. The van der Waals surface area contributed by atoms with E-state index in [0.29, 0.717) is 0 Å². The first-order valence-corrected chi connectivity index (χ1v) is 17.2. The maximum Gasteiger partial charge on any atom is 0.0641 e. The molecule has 0 radical (unpaired) electrons. The summed E-state index contributed by atoms with van der Waals surface area (Å²) >= 11 is 0. The van der Waals surface area contributed by atoms with Crippen LogP contribution in [0.15, 0.2) is 194 Å². The molecule has 2 heterocycles.